The van der Waals surface area contributed by atoms with Gasteiger partial charge in [0.2, 0.25) is 0 Å². The lowest BCUT2D eigenvalue weighted by Gasteiger charge is -2.23. The van der Waals surface area contributed by atoms with E-state index in [2.05, 4.69) is 9.97 Å². The minimum absolute atomic E-state index is 0.0303. The summed E-state index contributed by atoms with van der Waals surface area (Å²) in [6.45, 7) is 2.53. The van der Waals surface area contributed by atoms with Crippen molar-refractivity contribution in [3.05, 3.63) is 47.8 Å². The molecule has 0 radical (unpaired) electrons. The number of nitrogens with one attached hydrogen (secondary N) is 1. The van der Waals surface area contributed by atoms with E-state index >= 15 is 0 Å². The average molecular weight is 303 g/mol. The fraction of sp³-hybridized carbons (Fsp3) is 0.375. The normalized spacial score (nSPS) is 17.7. The number of carbonyl (C=O) groups excluding carboxylic acids is 1. The number of rotatable bonds is 4. The Kier molecular flexibility index (Phi) is 4.09. The molecule has 2 heterocycles. The number of imidazole rings is 1. The molecule has 116 valence electrons. The summed E-state index contributed by atoms with van der Waals surface area (Å²) in [6.07, 6.45) is 3.59. The highest BCUT2D eigenvalue weighted by Crippen LogP contribution is 2.30. The molecule has 1 aliphatic rings. The number of amides is 1. The third-order valence-corrected chi connectivity index (χ3v) is 3.77. The van der Waals surface area contributed by atoms with Crippen molar-refractivity contribution >= 4 is 5.91 Å². The average Bonchev–Trinajstić information content (AvgIpc) is 3.13. The SMILES string of the molecule is Cc1cnc(C2CCCN2C(=O)COc2cccc(F)c2)[nH]1. The Bertz CT molecular complexity index is 671. The topological polar surface area (TPSA) is 58.2 Å². The van der Waals surface area contributed by atoms with Gasteiger partial charge in [0.15, 0.2) is 6.61 Å². The lowest BCUT2D eigenvalue weighted by molar-refractivity contribution is -0.134. The van der Waals surface area contributed by atoms with Gasteiger partial charge in [0.25, 0.3) is 5.91 Å². The van der Waals surface area contributed by atoms with Crippen LogP contribution in [0.4, 0.5) is 4.39 Å². The van der Waals surface area contributed by atoms with Crippen LogP contribution in [0.15, 0.2) is 30.5 Å². The molecule has 1 unspecified atom stereocenters. The van der Waals surface area contributed by atoms with Crippen molar-refractivity contribution in [1.82, 2.24) is 14.9 Å². The number of aromatic amines is 1. The Hall–Kier alpha value is -2.37. The van der Waals surface area contributed by atoms with E-state index in [9.17, 15) is 9.18 Å². The molecule has 1 N–H and O–H groups in total. The Morgan fingerprint density at radius 2 is 2.41 bits per heavy atom. The van der Waals surface area contributed by atoms with Crippen LogP contribution in [-0.4, -0.2) is 33.9 Å². The summed E-state index contributed by atoms with van der Waals surface area (Å²) in [7, 11) is 0. The summed E-state index contributed by atoms with van der Waals surface area (Å²) in [5, 5.41) is 0. The van der Waals surface area contributed by atoms with Gasteiger partial charge in [0, 0.05) is 24.5 Å². The summed E-state index contributed by atoms with van der Waals surface area (Å²) in [5.41, 5.74) is 0.977. The minimum Gasteiger partial charge on any atom is -0.484 e. The molecule has 0 spiro atoms. The van der Waals surface area contributed by atoms with E-state index in [4.69, 9.17) is 4.74 Å². The van der Waals surface area contributed by atoms with E-state index in [1.807, 2.05) is 6.92 Å². The van der Waals surface area contributed by atoms with Gasteiger partial charge < -0.3 is 14.6 Å². The van der Waals surface area contributed by atoms with Crippen LogP contribution in [0.3, 0.4) is 0 Å². The Morgan fingerprint density at radius 3 is 3.14 bits per heavy atom. The van der Waals surface area contributed by atoms with Gasteiger partial charge in [-0.15, -0.1) is 0 Å². The number of aryl methyl sites for hydroxylation is 1. The van der Waals surface area contributed by atoms with Crippen LogP contribution >= 0.6 is 0 Å². The maximum absolute atomic E-state index is 13.1. The molecule has 0 saturated carbocycles. The van der Waals surface area contributed by atoms with Crippen molar-refractivity contribution in [2.75, 3.05) is 13.2 Å². The third kappa shape index (κ3) is 3.10. The van der Waals surface area contributed by atoms with Crippen LogP contribution in [0, 0.1) is 12.7 Å². The van der Waals surface area contributed by atoms with E-state index in [0.717, 1.165) is 24.4 Å². The summed E-state index contributed by atoms with van der Waals surface area (Å²) < 4.78 is 18.5. The zero-order chi connectivity index (χ0) is 15.5. The number of H-pyrrole nitrogens is 1. The molecule has 2 aromatic rings. The van der Waals surface area contributed by atoms with Gasteiger partial charge in [-0.1, -0.05) is 6.07 Å². The van der Waals surface area contributed by atoms with Gasteiger partial charge in [-0.2, -0.15) is 0 Å². The highest BCUT2D eigenvalue weighted by Gasteiger charge is 2.31. The Balaban J connectivity index is 1.64. The third-order valence-electron chi connectivity index (χ3n) is 3.77. The molecule has 1 fully saturated rings. The van der Waals surface area contributed by atoms with Gasteiger partial charge in [0.1, 0.15) is 17.4 Å². The number of halogens is 1. The van der Waals surface area contributed by atoms with Gasteiger partial charge in [-0.25, -0.2) is 9.37 Å². The molecule has 22 heavy (non-hydrogen) atoms. The van der Waals surface area contributed by atoms with Crippen molar-refractivity contribution in [2.24, 2.45) is 0 Å². The lowest BCUT2D eigenvalue weighted by atomic mass is 10.2. The predicted octanol–water partition coefficient (Wildman–Crippen LogP) is 2.60. The summed E-state index contributed by atoms with van der Waals surface area (Å²) in [6, 6.07) is 5.76. The molecule has 0 bridgehead atoms. The summed E-state index contributed by atoms with van der Waals surface area (Å²) >= 11 is 0. The standard InChI is InChI=1S/C16H18FN3O2/c1-11-9-18-16(19-11)14-6-3-7-20(14)15(21)10-22-13-5-2-4-12(17)8-13/h2,4-5,8-9,14H,3,6-7,10H2,1H3,(H,18,19). The highest BCUT2D eigenvalue weighted by molar-refractivity contribution is 5.78. The fourth-order valence-corrected chi connectivity index (χ4v) is 2.74. The number of hydrogen-bond acceptors (Lipinski definition) is 3. The van der Waals surface area contributed by atoms with Crippen molar-refractivity contribution in [3.63, 3.8) is 0 Å². The van der Waals surface area contributed by atoms with Gasteiger partial charge in [0.05, 0.1) is 6.04 Å². The van der Waals surface area contributed by atoms with Crippen LogP contribution in [0.2, 0.25) is 0 Å². The van der Waals surface area contributed by atoms with Crippen molar-refractivity contribution in [3.8, 4) is 5.75 Å². The van der Waals surface area contributed by atoms with Crippen LogP contribution in [0.25, 0.3) is 0 Å². The molecule has 1 saturated heterocycles. The van der Waals surface area contributed by atoms with Crippen molar-refractivity contribution in [1.29, 1.82) is 0 Å². The van der Waals surface area contributed by atoms with E-state index in [0.29, 0.717) is 12.3 Å². The Labute approximate surface area is 128 Å². The first kappa shape index (κ1) is 14.6. The number of nitrogens with zero attached hydrogens (tertiary/aromatic N) is 2. The van der Waals surface area contributed by atoms with Crippen molar-refractivity contribution in [2.45, 2.75) is 25.8 Å². The number of carbonyl (C=O) groups is 1. The molecule has 1 aromatic heterocycles. The van der Waals surface area contributed by atoms with Crippen LogP contribution < -0.4 is 4.74 Å². The zero-order valence-electron chi connectivity index (χ0n) is 12.4. The van der Waals surface area contributed by atoms with E-state index < -0.39 is 0 Å². The maximum Gasteiger partial charge on any atom is 0.261 e. The lowest BCUT2D eigenvalue weighted by Crippen LogP contribution is -2.34. The first-order valence-corrected chi connectivity index (χ1v) is 7.33. The number of benzene rings is 1. The first-order chi connectivity index (χ1) is 10.6. The zero-order valence-corrected chi connectivity index (χ0v) is 12.4. The monoisotopic (exact) mass is 303 g/mol. The molecule has 6 heteroatoms. The predicted molar refractivity (Wildman–Crippen MR) is 78.9 cm³/mol. The molecule has 3 rings (SSSR count). The molecule has 0 aliphatic carbocycles. The van der Waals surface area contributed by atoms with E-state index in [1.54, 1.807) is 23.2 Å². The second-order valence-electron chi connectivity index (χ2n) is 5.44. The molecular formula is C16H18FN3O2. The van der Waals surface area contributed by atoms with Gasteiger partial charge >= 0.3 is 0 Å². The first-order valence-electron chi connectivity index (χ1n) is 7.33. The Morgan fingerprint density at radius 1 is 1.55 bits per heavy atom. The second-order valence-corrected chi connectivity index (χ2v) is 5.44. The molecule has 1 aromatic carbocycles. The number of ether oxygens (including phenoxy) is 1. The van der Waals surface area contributed by atoms with E-state index in [-0.39, 0.29) is 24.4 Å². The largest absolute Gasteiger partial charge is 0.484 e. The summed E-state index contributed by atoms with van der Waals surface area (Å²) in [4.78, 5) is 21.6. The maximum atomic E-state index is 13.1. The van der Waals surface area contributed by atoms with Crippen LogP contribution in [0.1, 0.15) is 30.4 Å². The van der Waals surface area contributed by atoms with Gasteiger partial charge in [-0.05, 0) is 31.9 Å². The van der Waals surface area contributed by atoms with Crippen molar-refractivity contribution < 1.29 is 13.9 Å². The van der Waals surface area contributed by atoms with Gasteiger partial charge in [-0.3, -0.25) is 4.79 Å². The quantitative estimate of drug-likeness (QED) is 0.944. The van der Waals surface area contributed by atoms with Crippen LogP contribution in [-0.2, 0) is 4.79 Å². The molecular weight excluding hydrogens is 285 g/mol. The number of hydrogen-bond donors (Lipinski definition) is 1. The summed E-state index contributed by atoms with van der Waals surface area (Å²) in [5.74, 6) is 0.683. The smallest absolute Gasteiger partial charge is 0.261 e. The highest BCUT2D eigenvalue weighted by atomic mass is 19.1. The number of aromatic nitrogens is 2. The molecule has 1 aliphatic heterocycles. The molecule has 1 atom stereocenters. The second kappa shape index (κ2) is 6.17. The molecule has 5 nitrogen and oxygen atoms in total. The van der Waals surface area contributed by atoms with Crippen LogP contribution in [0.5, 0.6) is 5.75 Å². The molecule has 1 amide bonds. The fourth-order valence-electron chi connectivity index (χ4n) is 2.74. The minimum atomic E-state index is -0.380. The number of likely N-dealkylation sites (tertiary alicyclic amines) is 1. The van der Waals surface area contributed by atoms with E-state index in [1.165, 1.54) is 12.1 Å².